The topological polar surface area (TPSA) is 83.3 Å². The van der Waals surface area contributed by atoms with Crippen molar-refractivity contribution in [1.29, 1.82) is 5.26 Å². The van der Waals surface area contributed by atoms with Gasteiger partial charge < -0.3 is 15.1 Å². The van der Waals surface area contributed by atoms with Gasteiger partial charge in [0.25, 0.3) is 5.91 Å². The average molecular weight is 304 g/mol. The highest BCUT2D eigenvalue weighted by Crippen LogP contribution is 2.21. The molecule has 1 heterocycles. The Morgan fingerprint density at radius 1 is 1.43 bits per heavy atom. The molecule has 0 spiro atoms. The van der Waals surface area contributed by atoms with Crippen molar-refractivity contribution < 1.29 is 9.21 Å². The van der Waals surface area contributed by atoms with Gasteiger partial charge in [-0.3, -0.25) is 4.79 Å². The fourth-order valence-corrected chi connectivity index (χ4v) is 2.17. The first-order chi connectivity index (χ1) is 10.1. The summed E-state index contributed by atoms with van der Waals surface area (Å²) in [4.78, 5) is 14.1. The number of nitrogens with two attached hydrogens (primary N) is 1. The zero-order chi connectivity index (χ0) is 15.2. The second-order valence-corrected chi connectivity index (χ2v) is 4.86. The number of benzene rings is 1. The summed E-state index contributed by atoms with van der Waals surface area (Å²) in [7, 11) is 0. The lowest BCUT2D eigenvalue weighted by atomic mass is 10.1. The molecule has 0 saturated heterocycles. The first kappa shape index (κ1) is 14.9. The van der Waals surface area contributed by atoms with Crippen molar-refractivity contribution in [2.24, 2.45) is 0 Å². The number of halogens is 1. The maximum absolute atomic E-state index is 12.6. The van der Waals surface area contributed by atoms with Gasteiger partial charge in [-0.15, -0.1) is 0 Å². The Hall–Kier alpha value is -2.45. The van der Waals surface area contributed by atoms with Gasteiger partial charge in [0, 0.05) is 12.2 Å². The molecule has 0 bridgehead atoms. The number of hydrogen-bond donors (Lipinski definition) is 1. The standard InChI is InChI=1S/C15H14ClN3O2/c16-14-9-11(18)4-5-13(14)15(20)19(7-2-6-17)10-12-3-1-8-21-12/h1,3-5,8-9H,2,7,10,18H2. The van der Waals surface area contributed by atoms with E-state index in [9.17, 15) is 4.79 Å². The normalized spacial score (nSPS) is 10.1. The number of carbonyl (C=O) groups excluding carboxylic acids is 1. The van der Waals surface area contributed by atoms with Crippen LogP contribution in [0, 0.1) is 11.3 Å². The molecule has 21 heavy (non-hydrogen) atoms. The summed E-state index contributed by atoms with van der Waals surface area (Å²) in [5, 5.41) is 9.02. The summed E-state index contributed by atoms with van der Waals surface area (Å²) in [5.41, 5.74) is 6.47. The Bertz CT molecular complexity index is 662. The van der Waals surface area contributed by atoms with Crippen LogP contribution in [0.15, 0.2) is 41.0 Å². The smallest absolute Gasteiger partial charge is 0.255 e. The van der Waals surface area contributed by atoms with Crippen molar-refractivity contribution in [1.82, 2.24) is 4.90 Å². The largest absolute Gasteiger partial charge is 0.467 e. The second-order valence-electron chi connectivity index (χ2n) is 4.45. The van der Waals surface area contributed by atoms with Crippen LogP contribution in [0.2, 0.25) is 5.02 Å². The monoisotopic (exact) mass is 303 g/mol. The molecule has 0 radical (unpaired) electrons. The summed E-state index contributed by atoms with van der Waals surface area (Å²) in [6.45, 7) is 0.588. The number of amides is 1. The van der Waals surface area contributed by atoms with E-state index < -0.39 is 0 Å². The number of nitrogen functional groups attached to an aromatic ring is 1. The molecule has 1 aromatic carbocycles. The van der Waals surface area contributed by atoms with E-state index in [1.165, 1.54) is 11.0 Å². The van der Waals surface area contributed by atoms with Gasteiger partial charge in [0.2, 0.25) is 0 Å². The molecule has 2 rings (SSSR count). The van der Waals surface area contributed by atoms with Crippen molar-refractivity contribution in [2.75, 3.05) is 12.3 Å². The van der Waals surface area contributed by atoms with Crippen LogP contribution in [0.4, 0.5) is 5.69 Å². The van der Waals surface area contributed by atoms with Crippen molar-refractivity contribution in [3.8, 4) is 6.07 Å². The number of furan rings is 1. The molecule has 5 nitrogen and oxygen atoms in total. The second kappa shape index (κ2) is 6.82. The molecule has 0 unspecified atom stereocenters. The Labute approximate surface area is 127 Å². The van der Waals surface area contributed by atoms with Crippen molar-refractivity contribution in [3.63, 3.8) is 0 Å². The zero-order valence-corrected chi connectivity index (χ0v) is 12.0. The van der Waals surface area contributed by atoms with Gasteiger partial charge in [-0.1, -0.05) is 11.6 Å². The number of carbonyl (C=O) groups is 1. The Balaban J connectivity index is 2.22. The third kappa shape index (κ3) is 3.77. The minimum Gasteiger partial charge on any atom is -0.467 e. The molecule has 1 amide bonds. The molecular formula is C15H14ClN3O2. The summed E-state index contributed by atoms with van der Waals surface area (Å²) >= 11 is 6.07. The van der Waals surface area contributed by atoms with Crippen LogP contribution in [-0.4, -0.2) is 17.4 Å². The van der Waals surface area contributed by atoms with E-state index in [1.54, 1.807) is 30.5 Å². The van der Waals surface area contributed by atoms with E-state index in [4.69, 9.17) is 27.0 Å². The quantitative estimate of drug-likeness (QED) is 0.860. The van der Waals surface area contributed by atoms with Crippen LogP contribution in [0.5, 0.6) is 0 Å². The van der Waals surface area contributed by atoms with E-state index >= 15 is 0 Å². The van der Waals surface area contributed by atoms with Gasteiger partial charge in [-0.2, -0.15) is 5.26 Å². The third-order valence-corrected chi connectivity index (χ3v) is 3.24. The van der Waals surface area contributed by atoms with Crippen LogP contribution in [0.1, 0.15) is 22.5 Å². The maximum atomic E-state index is 12.6. The van der Waals surface area contributed by atoms with Crippen LogP contribution in [-0.2, 0) is 6.54 Å². The van der Waals surface area contributed by atoms with Gasteiger partial charge in [0.05, 0.1) is 35.9 Å². The molecule has 0 aliphatic carbocycles. The molecule has 2 aromatic rings. The predicted molar refractivity (Wildman–Crippen MR) is 79.5 cm³/mol. The highest BCUT2D eigenvalue weighted by atomic mass is 35.5. The van der Waals surface area contributed by atoms with Crippen LogP contribution < -0.4 is 5.73 Å². The highest BCUT2D eigenvalue weighted by molar-refractivity contribution is 6.34. The van der Waals surface area contributed by atoms with E-state index in [2.05, 4.69) is 0 Å². The number of rotatable bonds is 5. The molecular weight excluding hydrogens is 290 g/mol. The molecule has 0 aliphatic heterocycles. The fraction of sp³-hybridized carbons (Fsp3) is 0.200. The number of nitrogens with zero attached hydrogens (tertiary/aromatic N) is 2. The molecule has 0 aliphatic rings. The summed E-state index contributed by atoms with van der Waals surface area (Å²) < 4.78 is 5.25. The molecule has 6 heteroatoms. The Morgan fingerprint density at radius 2 is 2.24 bits per heavy atom. The lowest BCUT2D eigenvalue weighted by Gasteiger charge is -2.21. The van der Waals surface area contributed by atoms with Crippen LogP contribution in [0.3, 0.4) is 0 Å². The van der Waals surface area contributed by atoms with Crippen molar-refractivity contribution in [2.45, 2.75) is 13.0 Å². The van der Waals surface area contributed by atoms with E-state index in [0.717, 1.165) is 0 Å². The lowest BCUT2D eigenvalue weighted by molar-refractivity contribution is 0.0735. The number of nitriles is 1. The Kier molecular flexibility index (Phi) is 4.85. The lowest BCUT2D eigenvalue weighted by Crippen LogP contribution is -2.31. The van der Waals surface area contributed by atoms with Gasteiger partial charge in [0.15, 0.2) is 0 Å². The summed E-state index contributed by atoms with van der Waals surface area (Å²) in [6.07, 6.45) is 1.78. The van der Waals surface area contributed by atoms with Crippen molar-refractivity contribution in [3.05, 3.63) is 52.9 Å². The Morgan fingerprint density at radius 3 is 2.86 bits per heavy atom. The third-order valence-electron chi connectivity index (χ3n) is 2.93. The average Bonchev–Trinajstić information content (AvgIpc) is 2.95. The molecule has 0 fully saturated rings. The minimum atomic E-state index is -0.258. The molecule has 108 valence electrons. The maximum Gasteiger partial charge on any atom is 0.255 e. The summed E-state index contributed by atoms with van der Waals surface area (Å²) in [6, 6.07) is 10.3. The van der Waals surface area contributed by atoms with Gasteiger partial charge >= 0.3 is 0 Å². The van der Waals surface area contributed by atoms with Gasteiger partial charge in [-0.25, -0.2) is 0 Å². The van der Waals surface area contributed by atoms with Gasteiger partial charge in [-0.05, 0) is 30.3 Å². The highest BCUT2D eigenvalue weighted by Gasteiger charge is 2.19. The number of anilines is 1. The van der Waals surface area contributed by atoms with Crippen LogP contribution in [0.25, 0.3) is 0 Å². The van der Waals surface area contributed by atoms with Crippen molar-refractivity contribution >= 4 is 23.2 Å². The molecule has 0 atom stereocenters. The summed E-state index contributed by atoms with van der Waals surface area (Å²) in [5.74, 6) is 0.388. The molecule has 0 saturated carbocycles. The predicted octanol–water partition coefficient (Wildman–Crippen LogP) is 3.07. The van der Waals surface area contributed by atoms with Gasteiger partial charge in [0.1, 0.15) is 5.76 Å². The fourth-order valence-electron chi connectivity index (χ4n) is 1.90. The minimum absolute atomic E-state index is 0.235. The zero-order valence-electron chi connectivity index (χ0n) is 11.3. The SMILES string of the molecule is N#CCCN(Cc1ccco1)C(=O)c1ccc(N)cc1Cl. The molecule has 1 aromatic heterocycles. The number of hydrogen-bond acceptors (Lipinski definition) is 4. The first-order valence-electron chi connectivity index (χ1n) is 6.35. The van der Waals surface area contributed by atoms with E-state index in [1.807, 2.05) is 6.07 Å². The first-order valence-corrected chi connectivity index (χ1v) is 6.73. The van der Waals surface area contributed by atoms with Crippen LogP contribution >= 0.6 is 11.6 Å². The molecule has 2 N–H and O–H groups in total. The van der Waals surface area contributed by atoms with E-state index in [-0.39, 0.29) is 18.9 Å². The van der Waals surface area contributed by atoms with E-state index in [0.29, 0.717) is 28.6 Å².